The van der Waals surface area contributed by atoms with Crippen molar-refractivity contribution in [3.8, 4) is 5.88 Å². The van der Waals surface area contributed by atoms with Crippen molar-refractivity contribution >= 4 is 17.8 Å². The molecule has 0 aliphatic carbocycles. The molecular weight excluding hydrogens is 378 g/mol. The third-order valence-corrected chi connectivity index (χ3v) is 4.07. The molecule has 0 radical (unpaired) electrons. The zero-order chi connectivity index (χ0) is 20.8. The molecular formula is C19H21N5O5. The molecule has 0 saturated carbocycles. The smallest absolute Gasteiger partial charge is 0.302 e. The number of nitrogens with one attached hydrogen (secondary N) is 2. The van der Waals surface area contributed by atoms with Gasteiger partial charge in [0.1, 0.15) is 12.0 Å². The first kappa shape index (κ1) is 20.1. The van der Waals surface area contributed by atoms with Crippen molar-refractivity contribution in [2.45, 2.75) is 33.7 Å². The van der Waals surface area contributed by atoms with Crippen molar-refractivity contribution in [2.24, 2.45) is 0 Å². The summed E-state index contributed by atoms with van der Waals surface area (Å²) in [6.07, 6.45) is 2.85. The van der Waals surface area contributed by atoms with E-state index in [9.17, 15) is 9.59 Å². The molecule has 3 rings (SSSR count). The number of pyridine rings is 1. The number of aryl methyl sites for hydroxylation is 2. The summed E-state index contributed by atoms with van der Waals surface area (Å²) in [4.78, 5) is 32.6. The van der Waals surface area contributed by atoms with Crippen molar-refractivity contribution < 1.29 is 23.3 Å². The molecule has 0 aliphatic rings. The van der Waals surface area contributed by atoms with E-state index < -0.39 is 5.91 Å². The molecule has 3 aromatic heterocycles. The minimum Gasteiger partial charge on any atom is -0.478 e. The second-order valence-electron chi connectivity index (χ2n) is 6.15. The number of nitrogens with zero attached hydrogens (tertiary/aromatic N) is 3. The third-order valence-electron chi connectivity index (χ3n) is 4.07. The van der Waals surface area contributed by atoms with E-state index in [0.29, 0.717) is 29.5 Å². The topological polar surface area (TPSA) is 132 Å². The molecule has 0 aliphatic heterocycles. The van der Waals surface area contributed by atoms with Gasteiger partial charge in [-0.1, -0.05) is 11.2 Å². The van der Waals surface area contributed by atoms with Crippen LogP contribution >= 0.6 is 0 Å². The van der Waals surface area contributed by atoms with E-state index in [1.807, 2.05) is 6.92 Å². The Bertz CT molecular complexity index is 991. The average Bonchev–Trinajstić information content (AvgIpc) is 3.29. The molecule has 2 amide bonds. The van der Waals surface area contributed by atoms with Gasteiger partial charge in [-0.3, -0.25) is 14.9 Å². The molecule has 0 atom stereocenters. The number of amides is 2. The highest BCUT2D eigenvalue weighted by molar-refractivity contribution is 5.94. The molecule has 0 fully saturated rings. The second-order valence-corrected chi connectivity index (χ2v) is 6.15. The third kappa shape index (κ3) is 4.98. The van der Waals surface area contributed by atoms with E-state index in [-0.39, 0.29) is 30.6 Å². The maximum absolute atomic E-state index is 12.3. The number of oxazole rings is 1. The van der Waals surface area contributed by atoms with Gasteiger partial charge in [0.25, 0.3) is 5.91 Å². The lowest BCUT2D eigenvalue weighted by Crippen LogP contribution is -2.23. The highest BCUT2D eigenvalue weighted by Gasteiger charge is 2.17. The van der Waals surface area contributed by atoms with Crippen molar-refractivity contribution in [3.63, 3.8) is 0 Å². The average molecular weight is 399 g/mol. The highest BCUT2D eigenvalue weighted by atomic mass is 16.5. The minimum absolute atomic E-state index is 0.0412. The van der Waals surface area contributed by atoms with E-state index in [1.54, 1.807) is 32.2 Å². The van der Waals surface area contributed by atoms with Gasteiger partial charge in [0, 0.05) is 23.9 Å². The first-order valence-corrected chi connectivity index (χ1v) is 9.00. The number of anilines is 1. The lowest BCUT2D eigenvalue weighted by Gasteiger charge is -2.08. The van der Waals surface area contributed by atoms with Crippen LogP contribution in [0, 0.1) is 13.8 Å². The fourth-order valence-corrected chi connectivity index (χ4v) is 2.61. The first-order chi connectivity index (χ1) is 14.0. The monoisotopic (exact) mass is 399 g/mol. The van der Waals surface area contributed by atoms with Gasteiger partial charge in [0.15, 0.2) is 5.69 Å². The van der Waals surface area contributed by atoms with Gasteiger partial charge in [-0.2, -0.15) is 4.98 Å². The molecule has 3 aromatic rings. The predicted molar refractivity (Wildman–Crippen MR) is 101 cm³/mol. The van der Waals surface area contributed by atoms with E-state index in [4.69, 9.17) is 13.7 Å². The van der Waals surface area contributed by atoms with Crippen molar-refractivity contribution in [3.05, 3.63) is 52.9 Å². The fraction of sp³-hybridized carbons (Fsp3) is 0.316. The van der Waals surface area contributed by atoms with Crippen LogP contribution in [-0.2, 0) is 17.8 Å². The van der Waals surface area contributed by atoms with Crippen LogP contribution < -0.4 is 15.4 Å². The minimum atomic E-state index is -0.453. The molecule has 0 unspecified atom stereocenters. The van der Waals surface area contributed by atoms with Crippen LogP contribution in [-0.4, -0.2) is 33.5 Å². The van der Waals surface area contributed by atoms with Crippen LogP contribution in [0.1, 0.15) is 40.0 Å². The van der Waals surface area contributed by atoms with Crippen LogP contribution in [0.3, 0.4) is 0 Å². The quantitative estimate of drug-likeness (QED) is 0.589. The summed E-state index contributed by atoms with van der Waals surface area (Å²) in [7, 11) is 0. The Labute approximate surface area is 166 Å². The van der Waals surface area contributed by atoms with Crippen molar-refractivity contribution in [1.29, 1.82) is 0 Å². The number of ether oxygens (including phenoxy) is 1. The summed E-state index contributed by atoms with van der Waals surface area (Å²) in [5.41, 5.74) is 2.12. The van der Waals surface area contributed by atoms with Gasteiger partial charge in [0.05, 0.1) is 18.7 Å². The van der Waals surface area contributed by atoms with Crippen LogP contribution in [0.2, 0.25) is 0 Å². The molecule has 3 heterocycles. The van der Waals surface area contributed by atoms with Gasteiger partial charge in [-0.25, -0.2) is 4.98 Å². The Balaban J connectivity index is 1.57. The van der Waals surface area contributed by atoms with Crippen LogP contribution in [0.25, 0.3) is 0 Å². The van der Waals surface area contributed by atoms with Gasteiger partial charge < -0.3 is 19.0 Å². The lowest BCUT2D eigenvalue weighted by atomic mass is 10.1. The lowest BCUT2D eigenvalue weighted by molar-refractivity contribution is -0.115. The summed E-state index contributed by atoms with van der Waals surface area (Å²) in [5.74, 6) is 0.228. The number of rotatable bonds is 8. The van der Waals surface area contributed by atoms with Crippen molar-refractivity contribution in [1.82, 2.24) is 20.4 Å². The molecule has 152 valence electrons. The van der Waals surface area contributed by atoms with E-state index in [0.717, 1.165) is 5.56 Å². The van der Waals surface area contributed by atoms with Crippen LogP contribution in [0.4, 0.5) is 6.01 Å². The summed E-state index contributed by atoms with van der Waals surface area (Å²) >= 11 is 0. The molecule has 10 heteroatoms. The van der Waals surface area contributed by atoms with Crippen LogP contribution in [0.15, 0.2) is 33.5 Å². The maximum Gasteiger partial charge on any atom is 0.302 e. The van der Waals surface area contributed by atoms with Gasteiger partial charge >= 0.3 is 6.01 Å². The Morgan fingerprint density at radius 1 is 1.28 bits per heavy atom. The second kappa shape index (κ2) is 9.00. The predicted octanol–water partition coefficient (Wildman–Crippen LogP) is 2.18. The zero-order valence-electron chi connectivity index (χ0n) is 16.3. The van der Waals surface area contributed by atoms with E-state index in [1.165, 1.54) is 6.26 Å². The molecule has 29 heavy (non-hydrogen) atoms. The molecule has 2 N–H and O–H groups in total. The Kier molecular flexibility index (Phi) is 6.22. The molecule has 0 aromatic carbocycles. The standard InChI is InChI=1S/C19H21N5O5/c1-4-27-18-13(6-5-7-20-18)9-21-17(26)15-10-28-19(22-15)23-16(25)8-14-11(2)24-29-12(14)3/h5-7,10H,4,8-9H2,1-3H3,(H,21,26)(H,22,23,25). The number of hydrogen-bond acceptors (Lipinski definition) is 8. The fourth-order valence-electron chi connectivity index (χ4n) is 2.61. The SMILES string of the molecule is CCOc1ncccc1CNC(=O)c1coc(NC(=O)Cc2c(C)noc2C)n1. The van der Waals surface area contributed by atoms with E-state index in [2.05, 4.69) is 25.8 Å². The van der Waals surface area contributed by atoms with Gasteiger partial charge in [-0.15, -0.1) is 0 Å². The highest BCUT2D eigenvalue weighted by Crippen LogP contribution is 2.16. The zero-order valence-corrected chi connectivity index (χ0v) is 16.3. The maximum atomic E-state index is 12.3. The molecule has 0 spiro atoms. The van der Waals surface area contributed by atoms with E-state index >= 15 is 0 Å². The molecule has 10 nitrogen and oxygen atoms in total. The Hall–Kier alpha value is -3.69. The largest absolute Gasteiger partial charge is 0.478 e. The summed E-state index contributed by atoms with van der Waals surface area (Å²) < 4.78 is 15.6. The first-order valence-electron chi connectivity index (χ1n) is 9.00. The van der Waals surface area contributed by atoms with Crippen LogP contribution in [0.5, 0.6) is 5.88 Å². The Morgan fingerprint density at radius 2 is 2.10 bits per heavy atom. The number of carbonyl (C=O) groups excluding carboxylic acids is 2. The number of carbonyl (C=O) groups is 2. The number of aromatic nitrogens is 3. The normalized spacial score (nSPS) is 10.6. The van der Waals surface area contributed by atoms with Gasteiger partial charge in [0.2, 0.25) is 11.8 Å². The van der Waals surface area contributed by atoms with Gasteiger partial charge in [-0.05, 0) is 26.8 Å². The Morgan fingerprint density at radius 3 is 2.83 bits per heavy atom. The van der Waals surface area contributed by atoms with Crippen molar-refractivity contribution in [2.75, 3.05) is 11.9 Å². The number of hydrogen-bond donors (Lipinski definition) is 2. The summed E-state index contributed by atoms with van der Waals surface area (Å²) in [6, 6.07) is 3.50. The summed E-state index contributed by atoms with van der Waals surface area (Å²) in [6.45, 7) is 6.02. The molecule has 0 bridgehead atoms. The summed E-state index contributed by atoms with van der Waals surface area (Å²) in [5, 5.41) is 9.04. The molecule has 0 saturated heterocycles.